The minimum absolute atomic E-state index is 0.0472. The Morgan fingerprint density at radius 3 is 3.00 bits per heavy atom. The molecule has 0 bridgehead atoms. The second kappa shape index (κ2) is 7.04. The van der Waals surface area contributed by atoms with Crippen LogP contribution in [-0.2, 0) is 17.8 Å². The zero-order valence-corrected chi connectivity index (χ0v) is 13.1. The molecular formula is C16H20N6O. The Balaban J connectivity index is 1.39. The van der Waals surface area contributed by atoms with Crippen LogP contribution in [0.5, 0.6) is 0 Å². The highest BCUT2D eigenvalue weighted by Gasteiger charge is 2.06. The van der Waals surface area contributed by atoms with Crippen LogP contribution in [0.25, 0.3) is 5.65 Å². The van der Waals surface area contributed by atoms with Crippen molar-refractivity contribution in [3.8, 4) is 0 Å². The van der Waals surface area contributed by atoms with Crippen molar-refractivity contribution in [2.24, 2.45) is 0 Å². The molecular weight excluding hydrogens is 292 g/mol. The molecule has 0 saturated carbocycles. The third-order valence-electron chi connectivity index (χ3n) is 3.76. The fourth-order valence-electron chi connectivity index (χ4n) is 2.46. The van der Waals surface area contributed by atoms with Gasteiger partial charge in [-0.25, -0.2) is 0 Å². The normalized spacial score (nSPS) is 11.0. The zero-order chi connectivity index (χ0) is 16.1. The van der Waals surface area contributed by atoms with E-state index in [1.54, 1.807) is 6.20 Å². The van der Waals surface area contributed by atoms with Crippen LogP contribution < -0.4 is 5.32 Å². The van der Waals surface area contributed by atoms with Gasteiger partial charge in [-0.15, -0.1) is 10.2 Å². The van der Waals surface area contributed by atoms with E-state index in [9.17, 15) is 4.79 Å². The van der Waals surface area contributed by atoms with Gasteiger partial charge in [0.15, 0.2) is 5.65 Å². The van der Waals surface area contributed by atoms with E-state index in [-0.39, 0.29) is 5.91 Å². The Labute approximate surface area is 134 Å². The van der Waals surface area contributed by atoms with Gasteiger partial charge >= 0.3 is 0 Å². The fraction of sp³-hybridized carbons (Fsp3) is 0.375. The number of nitrogens with one attached hydrogen (secondary N) is 1. The van der Waals surface area contributed by atoms with E-state index in [2.05, 4.69) is 20.6 Å². The predicted octanol–water partition coefficient (Wildman–Crippen LogP) is 1.37. The summed E-state index contributed by atoms with van der Waals surface area (Å²) in [6.07, 6.45) is 5.76. The molecule has 1 N–H and O–H groups in total. The summed E-state index contributed by atoms with van der Waals surface area (Å²) < 4.78 is 3.81. The second-order valence-electron chi connectivity index (χ2n) is 5.44. The van der Waals surface area contributed by atoms with Crippen LogP contribution >= 0.6 is 0 Å². The molecule has 120 valence electrons. The average molecular weight is 312 g/mol. The molecule has 7 nitrogen and oxygen atoms in total. The molecule has 3 aromatic rings. The average Bonchev–Trinajstić information content (AvgIpc) is 3.16. The summed E-state index contributed by atoms with van der Waals surface area (Å²) in [5.74, 6) is 0.966. The zero-order valence-electron chi connectivity index (χ0n) is 13.1. The molecule has 0 saturated heterocycles. The molecule has 0 atom stereocenters. The third-order valence-corrected chi connectivity index (χ3v) is 3.76. The van der Waals surface area contributed by atoms with Crippen molar-refractivity contribution in [3.05, 3.63) is 48.2 Å². The van der Waals surface area contributed by atoms with Gasteiger partial charge < -0.3 is 5.32 Å². The van der Waals surface area contributed by atoms with Crippen LogP contribution in [0, 0.1) is 6.92 Å². The molecule has 0 aliphatic carbocycles. The Morgan fingerprint density at radius 2 is 2.17 bits per heavy atom. The van der Waals surface area contributed by atoms with Gasteiger partial charge in [0, 0.05) is 44.0 Å². The van der Waals surface area contributed by atoms with Crippen LogP contribution in [0.4, 0.5) is 0 Å². The van der Waals surface area contributed by atoms with Gasteiger partial charge in [-0.05, 0) is 31.5 Å². The van der Waals surface area contributed by atoms with Gasteiger partial charge in [-0.1, -0.05) is 6.07 Å². The number of hydrogen-bond donors (Lipinski definition) is 1. The minimum atomic E-state index is 0.0472. The molecule has 3 rings (SSSR count). The maximum Gasteiger partial charge on any atom is 0.221 e. The molecule has 0 spiro atoms. The van der Waals surface area contributed by atoms with Crippen molar-refractivity contribution in [3.63, 3.8) is 0 Å². The maximum absolute atomic E-state index is 11.8. The molecule has 0 aromatic carbocycles. The van der Waals surface area contributed by atoms with Crippen molar-refractivity contribution in [2.75, 3.05) is 6.54 Å². The van der Waals surface area contributed by atoms with Gasteiger partial charge in [0.05, 0.1) is 0 Å². The number of nitrogens with zero attached hydrogens (tertiary/aromatic N) is 5. The van der Waals surface area contributed by atoms with E-state index in [1.807, 2.05) is 46.5 Å². The molecule has 23 heavy (non-hydrogen) atoms. The van der Waals surface area contributed by atoms with Crippen LogP contribution in [0.2, 0.25) is 0 Å². The number of aryl methyl sites for hydroxylation is 3. The molecule has 0 fully saturated rings. The lowest BCUT2D eigenvalue weighted by Gasteiger charge is -2.06. The number of rotatable bonds is 7. The molecule has 1 amide bonds. The van der Waals surface area contributed by atoms with E-state index < -0.39 is 0 Å². The number of hydrogen-bond acceptors (Lipinski definition) is 4. The largest absolute Gasteiger partial charge is 0.356 e. The summed E-state index contributed by atoms with van der Waals surface area (Å²) in [4.78, 5) is 11.8. The lowest BCUT2D eigenvalue weighted by Crippen LogP contribution is -2.26. The highest BCUT2D eigenvalue weighted by atomic mass is 16.1. The van der Waals surface area contributed by atoms with Gasteiger partial charge in [0.2, 0.25) is 5.91 Å². The Morgan fingerprint density at radius 1 is 1.26 bits per heavy atom. The number of aromatic nitrogens is 5. The number of carbonyl (C=O) groups excluding carboxylic acids is 1. The summed E-state index contributed by atoms with van der Waals surface area (Å²) in [6, 6.07) is 7.75. The lowest BCUT2D eigenvalue weighted by molar-refractivity contribution is -0.121. The van der Waals surface area contributed by atoms with Gasteiger partial charge in [-0.3, -0.25) is 13.9 Å². The van der Waals surface area contributed by atoms with E-state index in [0.29, 0.717) is 19.5 Å². The standard InChI is InChI=1S/C16H20N6O/c1-13-7-10-18-22(13)12-8-16(23)17-9-4-6-15-20-19-14-5-2-3-11-21(14)15/h2-3,5,7,10-11H,4,6,8-9,12H2,1H3,(H,17,23). The molecule has 7 heteroatoms. The molecule has 0 aliphatic rings. The summed E-state index contributed by atoms with van der Waals surface area (Å²) in [5, 5.41) is 15.4. The van der Waals surface area contributed by atoms with Crippen molar-refractivity contribution < 1.29 is 4.79 Å². The number of pyridine rings is 1. The van der Waals surface area contributed by atoms with Crippen LogP contribution in [0.1, 0.15) is 24.4 Å². The summed E-state index contributed by atoms with van der Waals surface area (Å²) in [6.45, 7) is 3.23. The first kappa shape index (κ1) is 15.2. The monoisotopic (exact) mass is 312 g/mol. The van der Waals surface area contributed by atoms with Crippen molar-refractivity contribution in [1.82, 2.24) is 29.7 Å². The Hall–Kier alpha value is -2.70. The highest BCUT2D eigenvalue weighted by molar-refractivity contribution is 5.75. The lowest BCUT2D eigenvalue weighted by atomic mass is 10.3. The first-order chi connectivity index (χ1) is 11.2. The first-order valence-corrected chi connectivity index (χ1v) is 7.78. The predicted molar refractivity (Wildman–Crippen MR) is 85.9 cm³/mol. The van der Waals surface area contributed by atoms with Gasteiger partial charge in [0.25, 0.3) is 0 Å². The maximum atomic E-state index is 11.8. The van der Waals surface area contributed by atoms with E-state index >= 15 is 0 Å². The molecule has 3 aromatic heterocycles. The van der Waals surface area contributed by atoms with E-state index in [4.69, 9.17) is 0 Å². The molecule has 0 radical (unpaired) electrons. The fourth-order valence-corrected chi connectivity index (χ4v) is 2.46. The highest BCUT2D eigenvalue weighted by Crippen LogP contribution is 2.04. The van der Waals surface area contributed by atoms with E-state index in [0.717, 1.165) is 30.0 Å². The topological polar surface area (TPSA) is 77.1 Å². The SMILES string of the molecule is Cc1ccnn1CCC(=O)NCCCc1nnc2ccccn12. The second-order valence-corrected chi connectivity index (χ2v) is 5.44. The Bertz CT molecular complexity index is 791. The van der Waals surface area contributed by atoms with Crippen LogP contribution in [-0.4, -0.2) is 36.8 Å². The van der Waals surface area contributed by atoms with E-state index in [1.165, 1.54) is 0 Å². The van der Waals surface area contributed by atoms with Crippen LogP contribution in [0.3, 0.4) is 0 Å². The summed E-state index contributed by atoms with van der Waals surface area (Å²) >= 11 is 0. The molecule has 0 aliphatic heterocycles. The quantitative estimate of drug-likeness (QED) is 0.669. The molecule has 3 heterocycles. The number of carbonyl (C=O) groups is 1. The third kappa shape index (κ3) is 3.74. The number of amides is 1. The van der Waals surface area contributed by atoms with Gasteiger partial charge in [0.1, 0.15) is 5.82 Å². The van der Waals surface area contributed by atoms with Gasteiger partial charge in [-0.2, -0.15) is 5.10 Å². The first-order valence-electron chi connectivity index (χ1n) is 7.78. The summed E-state index contributed by atoms with van der Waals surface area (Å²) in [7, 11) is 0. The van der Waals surface area contributed by atoms with Crippen molar-refractivity contribution >= 4 is 11.6 Å². The van der Waals surface area contributed by atoms with Crippen molar-refractivity contribution in [1.29, 1.82) is 0 Å². The minimum Gasteiger partial charge on any atom is -0.356 e. The Kier molecular flexibility index (Phi) is 4.65. The van der Waals surface area contributed by atoms with Crippen LogP contribution in [0.15, 0.2) is 36.7 Å². The van der Waals surface area contributed by atoms with Crippen molar-refractivity contribution in [2.45, 2.75) is 32.7 Å². The smallest absolute Gasteiger partial charge is 0.221 e. The number of fused-ring (bicyclic) bond motifs is 1. The molecule has 0 unspecified atom stereocenters. The summed E-state index contributed by atoms with van der Waals surface area (Å²) in [5.41, 5.74) is 1.91.